The molecule has 0 saturated carbocycles. The maximum Gasteiger partial charge on any atom is 0.416 e. The second kappa shape index (κ2) is 4.87. The van der Waals surface area contributed by atoms with Crippen molar-refractivity contribution in [2.75, 3.05) is 6.61 Å². The van der Waals surface area contributed by atoms with Gasteiger partial charge in [-0.05, 0) is 36.6 Å². The van der Waals surface area contributed by atoms with Gasteiger partial charge in [-0.3, -0.25) is 0 Å². The molecule has 1 N–H and O–H groups in total. The first-order chi connectivity index (χ1) is 7.38. The highest BCUT2D eigenvalue weighted by atomic mass is 19.4. The van der Waals surface area contributed by atoms with Gasteiger partial charge in [0, 0.05) is 12.5 Å². The Balaban J connectivity index is 3.21. The fourth-order valence-electron chi connectivity index (χ4n) is 1.43. The van der Waals surface area contributed by atoms with E-state index in [-0.39, 0.29) is 6.61 Å². The lowest BCUT2D eigenvalue weighted by Gasteiger charge is -2.14. The largest absolute Gasteiger partial charge is 0.416 e. The van der Waals surface area contributed by atoms with E-state index in [2.05, 4.69) is 6.92 Å². The van der Waals surface area contributed by atoms with Crippen molar-refractivity contribution >= 4 is 0 Å². The van der Waals surface area contributed by atoms with Crippen LogP contribution in [0, 0.1) is 6.92 Å². The van der Waals surface area contributed by atoms with Gasteiger partial charge >= 0.3 is 6.18 Å². The van der Waals surface area contributed by atoms with Crippen LogP contribution in [0.1, 0.15) is 29.5 Å². The quantitative estimate of drug-likeness (QED) is 0.847. The number of hydrogen-bond acceptors (Lipinski definition) is 1. The molecule has 4 heteroatoms. The average Bonchev–Trinajstić information content (AvgIpc) is 2.26. The first kappa shape index (κ1) is 13.0. The Bertz CT molecular complexity index is 358. The van der Waals surface area contributed by atoms with Crippen LogP contribution in [-0.2, 0) is 12.6 Å². The molecule has 0 bridgehead atoms. The van der Waals surface area contributed by atoms with E-state index in [4.69, 9.17) is 5.11 Å². The van der Waals surface area contributed by atoms with Gasteiger partial charge in [0.25, 0.3) is 0 Å². The van der Waals surface area contributed by atoms with E-state index in [1.807, 2.05) is 0 Å². The van der Waals surface area contributed by atoms with Gasteiger partial charge in [0.2, 0.25) is 0 Å². The van der Waals surface area contributed by atoms with Crippen molar-refractivity contribution in [1.29, 1.82) is 0 Å². The van der Waals surface area contributed by atoms with E-state index in [0.717, 1.165) is 12.1 Å². The van der Waals surface area contributed by atoms with Gasteiger partial charge in [0.05, 0.1) is 5.56 Å². The van der Waals surface area contributed by atoms with Crippen molar-refractivity contribution in [1.82, 2.24) is 0 Å². The minimum atomic E-state index is -4.35. The molecule has 0 spiro atoms. The SMILES string of the molecule is [CH2]C(CO)c1cc(CC)cc(C(F)(F)F)c1. The third kappa shape index (κ3) is 2.98. The molecule has 1 aromatic rings. The van der Waals surface area contributed by atoms with Crippen LogP contribution in [0.15, 0.2) is 18.2 Å². The molecule has 0 saturated heterocycles. The molecule has 16 heavy (non-hydrogen) atoms. The number of halogens is 3. The van der Waals surface area contributed by atoms with Crippen molar-refractivity contribution in [3.63, 3.8) is 0 Å². The van der Waals surface area contributed by atoms with Crippen LogP contribution in [0.25, 0.3) is 0 Å². The summed E-state index contributed by atoms with van der Waals surface area (Å²) in [4.78, 5) is 0. The summed E-state index contributed by atoms with van der Waals surface area (Å²) in [6.07, 6.45) is -3.83. The van der Waals surface area contributed by atoms with Crippen molar-refractivity contribution in [2.24, 2.45) is 0 Å². The van der Waals surface area contributed by atoms with E-state index in [0.29, 0.717) is 17.5 Å². The number of rotatable bonds is 3. The lowest BCUT2D eigenvalue weighted by molar-refractivity contribution is -0.137. The van der Waals surface area contributed by atoms with E-state index in [1.165, 1.54) is 0 Å². The molecular formula is C12H14F3O. The third-order valence-corrected chi connectivity index (χ3v) is 2.44. The minimum Gasteiger partial charge on any atom is -0.396 e. The van der Waals surface area contributed by atoms with E-state index < -0.39 is 17.7 Å². The lowest BCUT2D eigenvalue weighted by Crippen LogP contribution is -2.09. The van der Waals surface area contributed by atoms with Crippen molar-refractivity contribution < 1.29 is 18.3 Å². The number of aliphatic hydroxyl groups excluding tert-OH is 1. The Kier molecular flexibility index (Phi) is 3.97. The van der Waals surface area contributed by atoms with Crippen LogP contribution in [0.5, 0.6) is 0 Å². The standard InChI is InChI=1S/C12H14F3O/c1-3-9-4-10(8(2)7-16)6-11(5-9)12(13,14)15/h4-6,8,16H,2-3,7H2,1H3. The zero-order chi connectivity index (χ0) is 12.3. The smallest absolute Gasteiger partial charge is 0.396 e. The number of alkyl halides is 3. The van der Waals surface area contributed by atoms with E-state index >= 15 is 0 Å². The molecule has 1 rings (SSSR count). The Morgan fingerprint density at radius 3 is 2.38 bits per heavy atom. The van der Waals surface area contributed by atoms with Crippen molar-refractivity contribution in [3.8, 4) is 0 Å². The van der Waals surface area contributed by atoms with Gasteiger partial charge in [-0.1, -0.05) is 13.0 Å². The predicted octanol–water partition coefficient (Wildman–Crippen LogP) is 3.18. The van der Waals surface area contributed by atoms with Crippen LogP contribution >= 0.6 is 0 Å². The summed E-state index contributed by atoms with van der Waals surface area (Å²) in [6.45, 7) is 5.14. The lowest BCUT2D eigenvalue weighted by atomic mass is 9.96. The van der Waals surface area contributed by atoms with Crippen LogP contribution in [0.3, 0.4) is 0 Å². The van der Waals surface area contributed by atoms with Gasteiger partial charge in [-0.15, -0.1) is 0 Å². The first-order valence-corrected chi connectivity index (χ1v) is 5.03. The Morgan fingerprint density at radius 1 is 1.31 bits per heavy atom. The zero-order valence-electron chi connectivity index (χ0n) is 9.01. The predicted molar refractivity (Wildman–Crippen MR) is 56.0 cm³/mol. The maximum atomic E-state index is 12.6. The number of hydrogen-bond donors (Lipinski definition) is 1. The topological polar surface area (TPSA) is 20.2 Å². The van der Waals surface area contributed by atoms with Crippen molar-refractivity contribution in [2.45, 2.75) is 25.4 Å². The maximum absolute atomic E-state index is 12.6. The van der Waals surface area contributed by atoms with Crippen molar-refractivity contribution in [3.05, 3.63) is 41.8 Å². The first-order valence-electron chi connectivity index (χ1n) is 5.03. The van der Waals surface area contributed by atoms with Gasteiger partial charge < -0.3 is 5.11 Å². The summed E-state index contributed by atoms with van der Waals surface area (Å²) in [5, 5.41) is 8.90. The van der Waals surface area contributed by atoms with Crippen LogP contribution in [0.4, 0.5) is 13.2 Å². The molecule has 0 aromatic heterocycles. The van der Waals surface area contributed by atoms with Crippen LogP contribution in [-0.4, -0.2) is 11.7 Å². The molecule has 1 unspecified atom stereocenters. The highest BCUT2D eigenvalue weighted by Gasteiger charge is 2.31. The summed E-state index contributed by atoms with van der Waals surface area (Å²) in [5.74, 6) is -0.521. The van der Waals surface area contributed by atoms with Gasteiger partial charge in [-0.2, -0.15) is 13.2 Å². The Hall–Kier alpha value is -1.03. The molecule has 1 radical (unpaired) electrons. The minimum absolute atomic E-state index is 0.259. The number of aryl methyl sites for hydroxylation is 1. The Labute approximate surface area is 92.9 Å². The number of benzene rings is 1. The molecule has 0 fully saturated rings. The van der Waals surface area contributed by atoms with Crippen LogP contribution < -0.4 is 0 Å². The highest BCUT2D eigenvalue weighted by Crippen LogP contribution is 2.32. The fourth-order valence-corrected chi connectivity index (χ4v) is 1.43. The molecule has 89 valence electrons. The zero-order valence-corrected chi connectivity index (χ0v) is 9.01. The highest BCUT2D eigenvalue weighted by molar-refractivity contribution is 5.34. The second-order valence-corrected chi connectivity index (χ2v) is 3.69. The van der Waals surface area contributed by atoms with Gasteiger partial charge in [0.15, 0.2) is 0 Å². The molecule has 0 aliphatic carbocycles. The van der Waals surface area contributed by atoms with E-state index in [1.54, 1.807) is 13.0 Å². The Morgan fingerprint density at radius 2 is 1.94 bits per heavy atom. The molecular weight excluding hydrogens is 217 g/mol. The monoisotopic (exact) mass is 231 g/mol. The number of aliphatic hydroxyl groups is 1. The molecule has 1 aromatic carbocycles. The summed E-state index contributed by atoms with van der Waals surface area (Å²) < 4.78 is 37.7. The second-order valence-electron chi connectivity index (χ2n) is 3.69. The molecule has 1 nitrogen and oxygen atoms in total. The average molecular weight is 231 g/mol. The van der Waals surface area contributed by atoms with Gasteiger partial charge in [-0.25, -0.2) is 0 Å². The summed E-state index contributed by atoms with van der Waals surface area (Å²) >= 11 is 0. The molecule has 0 heterocycles. The van der Waals surface area contributed by atoms with Crippen LogP contribution in [0.2, 0.25) is 0 Å². The fraction of sp³-hybridized carbons (Fsp3) is 0.417. The molecule has 0 amide bonds. The summed E-state index contributed by atoms with van der Waals surface area (Å²) in [5.41, 5.74) is 0.352. The summed E-state index contributed by atoms with van der Waals surface area (Å²) in [6, 6.07) is 3.84. The molecule has 0 aliphatic rings. The third-order valence-electron chi connectivity index (χ3n) is 2.44. The molecule has 0 aliphatic heterocycles. The van der Waals surface area contributed by atoms with E-state index in [9.17, 15) is 13.2 Å². The normalized spacial score (nSPS) is 13.9. The summed E-state index contributed by atoms with van der Waals surface area (Å²) in [7, 11) is 0. The molecule has 1 atom stereocenters. The van der Waals surface area contributed by atoms with Gasteiger partial charge in [0.1, 0.15) is 0 Å².